The van der Waals surface area contributed by atoms with Crippen molar-refractivity contribution in [1.29, 1.82) is 0 Å². The van der Waals surface area contributed by atoms with Crippen molar-refractivity contribution in [2.75, 3.05) is 52.7 Å². The van der Waals surface area contributed by atoms with Crippen LogP contribution in [0, 0.1) is 0 Å². The molecular weight excluding hydrogens is 398 g/mol. The van der Waals surface area contributed by atoms with E-state index in [1.165, 1.54) is 0 Å². The number of morpholine rings is 1. The highest BCUT2D eigenvalue weighted by molar-refractivity contribution is 9.10. The number of aliphatic carboxylic acids is 2. The monoisotopic (exact) mass is 419 g/mol. The number of carboxylic acid groups (broad SMARTS) is 2. The molecule has 0 amide bonds. The lowest BCUT2D eigenvalue weighted by molar-refractivity contribution is -0.159. The van der Waals surface area contributed by atoms with Gasteiger partial charge in [-0.15, -0.1) is 0 Å². The van der Waals surface area contributed by atoms with Gasteiger partial charge in [-0.3, -0.25) is 4.90 Å². The predicted molar refractivity (Wildman–Crippen MR) is 93.0 cm³/mol. The van der Waals surface area contributed by atoms with Crippen molar-refractivity contribution in [2.45, 2.75) is 0 Å². The minimum absolute atomic E-state index is 0.583. The number of carbonyl (C=O) groups is 2. The van der Waals surface area contributed by atoms with Gasteiger partial charge in [0.1, 0.15) is 12.4 Å². The van der Waals surface area contributed by atoms with Crippen LogP contribution in [0.5, 0.6) is 5.75 Å². The summed E-state index contributed by atoms with van der Waals surface area (Å²) in [5, 5.41) is 14.8. The SMILES string of the molecule is Brc1cccc(OCCOCCN2CCOCC2)c1.O=C(O)C(=O)O. The van der Waals surface area contributed by atoms with E-state index in [9.17, 15) is 0 Å². The number of carboxylic acids is 2. The molecule has 9 heteroatoms. The lowest BCUT2D eigenvalue weighted by Gasteiger charge is -2.26. The van der Waals surface area contributed by atoms with E-state index in [1.54, 1.807) is 0 Å². The molecule has 2 N–H and O–H groups in total. The summed E-state index contributed by atoms with van der Waals surface area (Å²) in [5.41, 5.74) is 0. The smallest absolute Gasteiger partial charge is 0.414 e. The summed E-state index contributed by atoms with van der Waals surface area (Å²) < 4.78 is 17.5. The normalized spacial score (nSPS) is 14.3. The van der Waals surface area contributed by atoms with Gasteiger partial charge in [-0.2, -0.15) is 0 Å². The first-order valence-corrected chi connectivity index (χ1v) is 8.50. The molecule has 1 aliphatic rings. The second-order valence-electron chi connectivity index (χ2n) is 4.98. The molecule has 0 saturated carbocycles. The number of ether oxygens (including phenoxy) is 3. The van der Waals surface area contributed by atoms with Crippen LogP contribution >= 0.6 is 15.9 Å². The first kappa shape index (κ1) is 21.4. The highest BCUT2D eigenvalue weighted by Gasteiger charge is 2.09. The van der Waals surface area contributed by atoms with Crippen LogP contribution in [0.15, 0.2) is 28.7 Å². The van der Waals surface area contributed by atoms with Gasteiger partial charge in [0.25, 0.3) is 0 Å². The zero-order valence-electron chi connectivity index (χ0n) is 13.7. The maximum absolute atomic E-state index is 9.10. The van der Waals surface area contributed by atoms with Gasteiger partial charge < -0.3 is 24.4 Å². The molecule has 1 aromatic carbocycles. The third-order valence-electron chi connectivity index (χ3n) is 3.13. The van der Waals surface area contributed by atoms with E-state index < -0.39 is 11.9 Å². The number of halogens is 1. The van der Waals surface area contributed by atoms with Crippen LogP contribution in [-0.2, 0) is 19.1 Å². The third-order valence-corrected chi connectivity index (χ3v) is 3.62. The van der Waals surface area contributed by atoms with E-state index in [-0.39, 0.29) is 0 Å². The van der Waals surface area contributed by atoms with Crippen molar-refractivity contribution in [3.05, 3.63) is 28.7 Å². The Hall–Kier alpha value is -1.68. The molecule has 1 aliphatic heterocycles. The van der Waals surface area contributed by atoms with Crippen molar-refractivity contribution in [3.63, 3.8) is 0 Å². The Morgan fingerprint density at radius 1 is 1.12 bits per heavy atom. The van der Waals surface area contributed by atoms with Crippen LogP contribution in [0.25, 0.3) is 0 Å². The van der Waals surface area contributed by atoms with Gasteiger partial charge in [0.2, 0.25) is 0 Å². The molecule has 0 atom stereocenters. The van der Waals surface area contributed by atoms with Gasteiger partial charge in [-0.05, 0) is 18.2 Å². The quantitative estimate of drug-likeness (QED) is 0.503. The minimum atomic E-state index is -1.82. The summed E-state index contributed by atoms with van der Waals surface area (Å²) in [6.07, 6.45) is 0. The number of nitrogens with zero attached hydrogens (tertiary/aromatic N) is 1. The van der Waals surface area contributed by atoms with Crippen LogP contribution in [0.3, 0.4) is 0 Å². The number of rotatable bonds is 7. The Balaban J connectivity index is 0.000000450. The molecule has 0 unspecified atom stereocenters. The van der Waals surface area contributed by atoms with Crippen LogP contribution in [0.4, 0.5) is 0 Å². The summed E-state index contributed by atoms with van der Waals surface area (Å²) in [6.45, 7) is 6.63. The second kappa shape index (κ2) is 12.6. The second-order valence-corrected chi connectivity index (χ2v) is 5.90. The summed E-state index contributed by atoms with van der Waals surface area (Å²) in [5.74, 6) is -2.78. The average Bonchev–Trinajstić information content (AvgIpc) is 2.59. The highest BCUT2D eigenvalue weighted by atomic mass is 79.9. The Labute approximate surface area is 154 Å². The Kier molecular flexibility index (Phi) is 10.8. The number of hydrogen-bond donors (Lipinski definition) is 2. The van der Waals surface area contributed by atoms with Crippen LogP contribution in [-0.4, -0.2) is 79.7 Å². The number of benzene rings is 1. The lowest BCUT2D eigenvalue weighted by atomic mass is 10.3. The maximum atomic E-state index is 9.10. The fourth-order valence-corrected chi connectivity index (χ4v) is 2.27. The standard InChI is InChI=1S/C14H20BrNO3.C2H2O4/c15-13-2-1-3-14(12-13)19-11-10-18-9-6-16-4-7-17-8-5-16;3-1(4)2(5)6/h1-3,12H,4-11H2;(H,3,4)(H,5,6). The highest BCUT2D eigenvalue weighted by Crippen LogP contribution is 2.17. The molecule has 0 bridgehead atoms. The molecule has 25 heavy (non-hydrogen) atoms. The van der Waals surface area contributed by atoms with Crippen molar-refractivity contribution in [2.24, 2.45) is 0 Å². The van der Waals surface area contributed by atoms with Crippen LogP contribution < -0.4 is 4.74 Å². The van der Waals surface area contributed by atoms with Crippen molar-refractivity contribution < 1.29 is 34.0 Å². The molecule has 0 radical (unpaired) electrons. The third kappa shape index (κ3) is 10.7. The van der Waals surface area contributed by atoms with Gasteiger partial charge in [-0.25, -0.2) is 9.59 Å². The first-order valence-electron chi connectivity index (χ1n) is 7.71. The van der Waals surface area contributed by atoms with Crippen molar-refractivity contribution in [3.8, 4) is 5.75 Å². The van der Waals surface area contributed by atoms with Gasteiger partial charge in [0, 0.05) is 24.1 Å². The summed E-state index contributed by atoms with van der Waals surface area (Å²) in [4.78, 5) is 20.6. The van der Waals surface area contributed by atoms with E-state index >= 15 is 0 Å². The largest absolute Gasteiger partial charge is 0.491 e. The molecule has 0 spiro atoms. The molecule has 140 valence electrons. The molecular formula is C16H22BrNO7. The molecule has 1 fully saturated rings. The first-order chi connectivity index (χ1) is 12.0. The fourth-order valence-electron chi connectivity index (χ4n) is 1.90. The zero-order chi connectivity index (χ0) is 18.5. The molecule has 1 saturated heterocycles. The van der Waals surface area contributed by atoms with Crippen molar-refractivity contribution in [1.82, 2.24) is 4.90 Å². The Morgan fingerprint density at radius 2 is 1.80 bits per heavy atom. The maximum Gasteiger partial charge on any atom is 0.414 e. The van der Waals surface area contributed by atoms with E-state index in [2.05, 4.69) is 20.8 Å². The summed E-state index contributed by atoms with van der Waals surface area (Å²) in [7, 11) is 0. The Bertz CT molecular complexity index is 523. The molecule has 0 aliphatic carbocycles. The molecule has 8 nitrogen and oxygen atoms in total. The lowest BCUT2D eigenvalue weighted by Crippen LogP contribution is -2.38. The molecule has 1 heterocycles. The van der Waals surface area contributed by atoms with E-state index in [1.807, 2.05) is 24.3 Å². The summed E-state index contributed by atoms with van der Waals surface area (Å²) >= 11 is 3.41. The zero-order valence-corrected chi connectivity index (χ0v) is 15.3. The van der Waals surface area contributed by atoms with E-state index in [0.717, 1.165) is 49.7 Å². The van der Waals surface area contributed by atoms with Gasteiger partial charge in [0.15, 0.2) is 0 Å². The molecule has 0 aromatic heterocycles. The van der Waals surface area contributed by atoms with Gasteiger partial charge in [0.05, 0.1) is 26.4 Å². The van der Waals surface area contributed by atoms with Gasteiger partial charge >= 0.3 is 11.9 Å². The fraction of sp³-hybridized carbons (Fsp3) is 0.500. The van der Waals surface area contributed by atoms with Crippen LogP contribution in [0.1, 0.15) is 0 Å². The molecule has 1 aromatic rings. The van der Waals surface area contributed by atoms with Gasteiger partial charge in [-0.1, -0.05) is 22.0 Å². The number of hydrogen-bond acceptors (Lipinski definition) is 6. The molecule has 2 rings (SSSR count). The van der Waals surface area contributed by atoms with Crippen molar-refractivity contribution >= 4 is 27.9 Å². The minimum Gasteiger partial charge on any atom is -0.491 e. The predicted octanol–water partition coefficient (Wildman–Crippen LogP) is 1.33. The average molecular weight is 420 g/mol. The van der Waals surface area contributed by atoms with Crippen LogP contribution in [0.2, 0.25) is 0 Å². The summed E-state index contributed by atoms with van der Waals surface area (Å²) in [6, 6.07) is 7.83. The van der Waals surface area contributed by atoms with E-state index in [4.69, 9.17) is 34.0 Å². The topological polar surface area (TPSA) is 106 Å². The Morgan fingerprint density at radius 3 is 2.40 bits per heavy atom. The van der Waals surface area contributed by atoms with E-state index in [0.29, 0.717) is 13.2 Å².